The summed E-state index contributed by atoms with van der Waals surface area (Å²) in [6, 6.07) is 5.12. The van der Waals surface area contributed by atoms with Crippen LogP contribution >= 0.6 is 0 Å². The third-order valence-corrected chi connectivity index (χ3v) is 4.14. The summed E-state index contributed by atoms with van der Waals surface area (Å²) < 4.78 is 10.1. The van der Waals surface area contributed by atoms with E-state index < -0.39 is 23.6 Å². The minimum atomic E-state index is -0.577. The first-order valence-electron chi connectivity index (χ1n) is 8.32. The molecule has 0 spiro atoms. The summed E-state index contributed by atoms with van der Waals surface area (Å²) in [6.45, 7) is 7.94. The molecule has 136 valence electrons. The summed E-state index contributed by atoms with van der Waals surface area (Å²) in [5, 5.41) is 0. The second kappa shape index (κ2) is 7.25. The third-order valence-electron chi connectivity index (χ3n) is 4.14. The van der Waals surface area contributed by atoms with E-state index in [1.165, 1.54) is 7.11 Å². The summed E-state index contributed by atoms with van der Waals surface area (Å²) in [5.74, 6) is -0.735. The first kappa shape index (κ1) is 19.0. The predicted molar refractivity (Wildman–Crippen MR) is 92.7 cm³/mol. The van der Waals surface area contributed by atoms with Gasteiger partial charge in [-0.3, -0.25) is 4.79 Å². The van der Waals surface area contributed by atoms with E-state index in [2.05, 4.69) is 0 Å². The molecule has 6 nitrogen and oxygen atoms in total. The number of rotatable bonds is 2. The zero-order valence-electron chi connectivity index (χ0n) is 15.4. The lowest BCUT2D eigenvalue weighted by Crippen LogP contribution is -2.45. The smallest absolute Gasteiger partial charge is 0.410 e. The van der Waals surface area contributed by atoms with Crippen LogP contribution in [0.1, 0.15) is 54.6 Å². The van der Waals surface area contributed by atoms with Gasteiger partial charge in [0.2, 0.25) is 0 Å². The minimum Gasteiger partial charge on any atom is -0.465 e. The molecule has 2 rings (SSSR count). The Balaban J connectivity index is 2.21. The number of ketones is 1. The van der Waals surface area contributed by atoms with E-state index in [4.69, 9.17) is 9.47 Å². The number of carbonyl (C=O) groups is 3. The number of methoxy groups -OCH3 is 1. The van der Waals surface area contributed by atoms with E-state index in [0.29, 0.717) is 18.5 Å². The Morgan fingerprint density at radius 3 is 2.48 bits per heavy atom. The summed E-state index contributed by atoms with van der Waals surface area (Å²) in [7, 11) is 1.33. The van der Waals surface area contributed by atoms with Crippen LogP contribution in [0.3, 0.4) is 0 Å². The van der Waals surface area contributed by atoms with Gasteiger partial charge in [-0.15, -0.1) is 0 Å². The quantitative estimate of drug-likeness (QED) is 0.769. The molecule has 0 N–H and O–H groups in total. The number of amides is 1. The van der Waals surface area contributed by atoms with Crippen LogP contribution in [-0.2, 0) is 14.3 Å². The van der Waals surface area contributed by atoms with E-state index in [0.717, 1.165) is 11.1 Å². The molecule has 1 heterocycles. The van der Waals surface area contributed by atoms with Crippen molar-refractivity contribution in [2.24, 2.45) is 0 Å². The Kier molecular flexibility index (Phi) is 5.50. The molecule has 1 aromatic carbocycles. The molecule has 0 aliphatic carbocycles. The summed E-state index contributed by atoms with van der Waals surface area (Å²) >= 11 is 0. The number of hydrogen-bond acceptors (Lipinski definition) is 5. The summed E-state index contributed by atoms with van der Waals surface area (Å²) in [4.78, 5) is 37.9. The number of esters is 1. The Morgan fingerprint density at radius 2 is 1.92 bits per heavy atom. The predicted octanol–water partition coefficient (Wildman–Crippen LogP) is 3.08. The second-order valence-electron chi connectivity index (χ2n) is 7.26. The van der Waals surface area contributed by atoms with E-state index in [1.807, 2.05) is 27.7 Å². The molecular weight excluding hydrogens is 322 g/mol. The highest BCUT2D eigenvalue weighted by atomic mass is 16.6. The van der Waals surface area contributed by atoms with Crippen LogP contribution in [0.5, 0.6) is 0 Å². The fourth-order valence-electron chi connectivity index (χ4n) is 2.91. The van der Waals surface area contributed by atoms with Crippen LogP contribution in [0.25, 0.3) is 0 Å². The van der Waals surface area contributed by atoms with Crippen molar-refractivity contribution >= 4 is 17.8 Å². The van der Waals surface area contributed by atoms with Gasteiger partial charge in [0.25, 0.3) is 0 Å². The molecule has 0 unspecified atom stereocenters. The van der Waals surface area contributed by atoms with Gasteiger partial charge in [-0.2, -0.15) is 0 Å². The minimum absolute atomic E-state index is 0.0914. The van der Waals surface area contributed by atoms with Gasteiger partial charge in [0, 0.05) is 19.5 Å². The Morgan fingerprint density at radius 1 is 1.24 bits per heavy atom. The third kappa shape index (κ3) is 4.59. The van der Waals surface area contributed by atoms with Crippen LogP contribution in [0.15, 0.2) is 18.2 Å². The van der Waals surface area contributed by atoms with Crippen molar-refractivity contribution in [3.05, 3.63) is 34.9 Å². The number of benzene rings is 1. The molecule has 25 heavy (non-hydrogen) atoms. The molecule has 0 radical (unpaired) electrons. The molecule has 1 aliphatic rings. The number of aryl methyl sites for hydroxylation is 1. The topological polar surface area (TPSA) is 72.9 Å². The van der Waals surface area contributed by atoms with Crippen molar-refractivity contribution in [1.29, 1.82) is 0 Å². The fraction of sp³-hybridized carbons (Fsp3) is 0.526. The molecule has 1 fully saturated rings. The maximum absolute atomic E-state index is 12.4. The number of Topliss-reactive ketones (excluding diaryl/α,β-unsaturated/α-hetero) is 1. The molecular formula is C19H25NO5. The SMILES string of the molecule is COC(=O)c1ccc([C@@H]2CN(C(=O)OC(C)(C)C)CCC2=O)c(C)c1. The van der Waals surface area contributed by atoms with Gasteiger partial charge >= 0.3 is 12.1 Å². The number of nitrogens with zero attached hydrogens (tertiary/aromatic N) is 1. The average Bonchev–Trinajstić information content (AvgIpc) is 2.53. The summed E-state index contributed by atoms with van der Waals surface area (Å²) in [6.07, 6.45) is -0.115. The van der Waals surface area contributed by atoms with Crippen LogP contribution < -0.4 is 0 Å². The molecule has 1 aliphatic heterocycles. The Labute approximate surface area is 148 Å². The first-order valence-corrected chi connectivity index (χ1v) is 8.32. The van der Waals surface area contributed by atoms with Crippen molar-refractivity contribution in [3.8, 4) is 0 Å². The Bertz CT molecular complexity index is 690. The van der Waals surface area contributed by atoms with Gasteiger partial charge in [0.05, 0.1) is 18.6 Å². The fourth-order valence-corrected chi connectivity index (χ4v) is 2.91. The molecule has 1 atom stereocenters. The van der Waals surface area contributed by atoms with Crippen LogP contribution in [0, 0.1) is 6.92 Å². The van der Waals surface area contributed by atoms with Gasteiger partial charge in [0.1, 0.15) is 11.4 Å². The zero-order valence-corrected chi connectivity index (χ0v) is 15.4. The molecule has 0 bridgehead atoms. The van der Waals surface area contributed by atoms with Gasteiger partial charge in [-0.1, -0.05) is 6.07 Å². The average molecular weight is 347 g/mol. The van der Waals surface area contributed by atoms with Crippen LogP contribution in [0.2, 0.25) is 0 Å². The van der Waals surface area contributed by atoms with Gasteiger partial charge < -0.3 is 14.4 Å². The van der Waals surface area contributed by atoms with Crippen molar-refractivity contribution in [2.45, 2.75) is 45.6 Å². The van der Waals surface area contributed by atoms with E-state index in [-0.39, 0.29) is 12.3 Å². The number of piperidine rings is 1. The van der Waals surface area contributed by atoms with Crippen molar-refractivity contribution in [3.63, 3.8) is 0 Å². The maximum atomic E-state index is 12.4. The summed E-state index contributed by atoms with van der Waals surface area (Å²) in [5.41, 5.74) is 1.51. The normalized spacial score (nSPS) is 18.0. The number of hydrogen-bond donors (Lipinski definition) is 0. The molecule has 1 saturated heterocycles. The highest BCUT2D eigenvalue weighted by molar-refractivity contribution is 5.91. The molecule has 0 aromatic heterocycles. The van der Waals surface area contributed by atoms with E-state index >= 15 is 0 Å². The highest BCUT2D eigenvalue weighted by Gasteiger charge is 2.33. The lowest BCUT2D eigenvalue weighted by atomic mass is 9.86. The first-order chi connectivity index (χ1) is 11.6. The maximum Gasteiger partial charge on any atom is 0.410 e. The Hall–Kier alpha value is -2.37. The lowest BCUT2D eigenvalue weighted by molar-refractivity contribution is -0.123. The van der Waals surface area contributed by atoms with Crippen LogP contribution in [-0.4, -0.2) is 48.5 Å². The van der Waals surface area contributed by atoms with Crippen molar-refractivity contribution < 1.29 is 23.9 Å². The molecule has 0 saturated carbocycles. The number of carbonyl (C=O) groups excluding carboxylic acids is 3. The zero-order chi connectivity index (χ0) is 18.8. The lowest BCUT2D eigenvalue weighted by Gasteiger charge is -2.34. The monoisotopic (exact) mass is 347 g/mol. The van der Waals surface area contributed by atoms with Gasteiger partial charge in [-0.25, -0.2) is 9.59 Å². The largest absolute Gasteiger partial charge is 0.465 e. The molecule has 1 amide bonds. The van der Waals surface area contributed by atoms with Crippen molar-refractivity contribution in [2.75, 3.05) is 20.2 Å². The number of likely N-dealkylation sites (tertiary alicyclic amines) is 1. The van der Waals surface area contributed by atoms with Crippen molar-refractivity contribution in [1.82, 2.24) is 4.90 Å². The van der Waals surface area contributed by atoms with Gasteiger partial charge in [0.15, 0.2) is 0 Å². The van der Waals surface area contributed by atoms with Gasteiger partial charge in [-0.05, 0) is 51.0 Å². The van der Waals surface area contributed by atoms with Crippen LogP contribution in [0.4, 0.5) is 4.79 Å². The second-order valence-corrected chi connectivity index (χ2v) is 7.26. The van der Waals surface area contributed by atoms with E-state index in [9.17, 15) is 14.4 Å². The standard InChI is InChI=1S/C19H25NO5/c1-12-10-13(17(22)24-5)6-7-14(12)15-11-20(9-8-16(15)21)18(23)25-19(2,3)4/h6-7,10,15H,8-9,11H2,1-5H3/t15-/m0/s1. The number of ether oxygens (including phenoxy) is 2. The molecule has 6 heteroatoms. The highest BCUT2D eigenvalue weighted by Crippen LogP contribution is 2.28. The van der Waals surface area contributed by atoms with E-state index in [1.54, 1.807) is 23.1 Å². The molecule has 1 aromatic rings.